The van der Waals surface area contributed by atoms with Crippen molar-refractivity contribution in [1.29, 1.82) is 0 Å². The maximum atomic E-state index is 9.63. The van der Waals surface area contributed by atoms with Crippen molar-refractivity contribution in [2.45, 2.75) is 6.92 Å². The number of aromatic nitrogens is 1. The first kappa shape index (κ1) is 11.7. The van der Waals surface area contributed by atoms with Crippen molar-refractivity contribution in [2.24, 2.45) is 10.2 Å². The number of hydrogen-bond acceptors (Lipinski definition) is 4. The highest BCUT2D eigenvalue weighted by Crippen LogP contribution is 2.28. The minimum absolute atomic E-state index is 0.117. The number of nitrogens with zero attached hydrogens (tertiary/aromatic N) is 3. The minimum atomic E-state index is 0.117. The van der Waals surface area contributed by atoms with Gasteiger partial charge in [0.25, 0.3) is 0 Å². The molecule has 0 fully saturated rings. The van der Waals surface area contributed by atoms with Gasteiger partial charge < -0.3 is 5.11 Å². The van der Waals surface area contributed by atoms with Crippen LogP contribution in [0.25, 0.3) is 0 Å². The molecule has 17 heavy (non-hydrogen) atoms. The fraction of sp³-hybridized carbons (Fsp3) is 0.0833. The number of phenols is 1. The second-order valence-electron chi connectivity index (χ2n) is 3.53. The average molecular weight is 292 g/mol. The van der Waals surface area contributed by atoms with Crippen LogP contribution in [0, 0.1) is 6.92 Å². The van der Waals surface area contributed by atoms with Crippen molar-refractivity contribution in [2.75, 3.05) is 0 Å². The van der Waals surface area contributed by atoms with Gasteiger partial charge in [0.05, 0.1) is 0 Å². The molecule has 0 atom stereocenters. The monoisotopic (exact) mass is 291 g/mol. The zero-order chi connectivity index (χ0) is 12.3. The molecule has 86 valence electrons. The van der Waals surface area contributed by atoms with Gasteiger partial charge in [-0.3, -0.25) is 0 Å². The van der Waals surface area contributed by atoms with Crippen LogP contribution < -0.4 is 0 Å². The predicted octanol–water partition coefficient (Wildman–Crippen LogP) is 4.27. The van der Waals surface area contributed by atoms with Crippen molar-refractivity contribution < 1.29 is 5.11 Å². The fourth-order valence-corrected chi connectivity index (χ4v) is 1.48. The van der Waals surface area contributed by atoms with Crippen LogP contribution in [-0.2, 0) is 0 Å². The maximum Gasteiger partial charge on any atom is 0.174 e. The lowest BCUT2D eigenvalue weighted by Crippen LogP contribution is -1.74. The molecule has 1 aromatic carbocycles. The number of pyridine rings is 1. The maximum absolute atomic E-state index is 9.63. The average Bonchev–Trinajstić information content (AvgIpc) is 2.30. The van der Waals surface area contributed by atoms with Crippen LogP contribution in [0.15, 0.2) is 51.2 Å². The van der Waals surface area contributed by atoms with Crippen molar-refractivity contribution in [1.82, 2.24) is 4.98 Å². The molecular weight excluding hydrogens is 282 g/mol. The molecule has 5 heteroatoms. The summed E-state index contributed by atoms with van der Waals surface area (Å²) in [6, 6.07) is 8.79. The number of halogens is 1. The fourth-order valence-electron chi connectivity index (χ4n) is 1.25. The number of aryl methyl sites for hydroxylation is 1. The van der Waals surface area contributed by atoms with Gasteiger partial charge in [-0.15, -0.1) is 10.2 Å². The van der Waals surface area contributed by atoms with Gasteiger partial charge in [-0.05, 0) is 52.7 Å². The van der Waals surface area contributed by atoms with Crippen LogP contribution in [0.5, 0.6) is 5.75 Å². The molecule has 0 amide bonds. The van der Waals surface area contributed by atoms with Gasteiger partial charge in [-0.25, -0.2) is 4.98 Å². The predicted molar refractivity (Wildman–Crippen MR) is 69.0 cm³/mol. The van der Waals surface area contributed by atoms with Crippen LogP contribution in [-0.4, -0.2) is 10.1 Å². The number of rotatable bonds is 2. The Morgan fingerprint density at radius 2 is 2.00 bits per heavy atom. The van der Waals surface area contributed by atoms with Crippen molar-refractivity contribution in [3.05, 3.63) is 46.6 Å². The summed E-state index contributed by atoms with van der Waals surface area (Å²) in [6.45, 7) is 1.90. The van der Waals surface area contributed by atoms with Crippen LogP contribution in [0.1, 0.15) is 5.56 Å². The van der Waals surface area contributed by atoms with Crippen LogP contribution in [0.3, 0.4) is 0 Å². The zero-order valence-corrected chi connectivity index (χ0v) is 10.7. The van der Waals surface area contributed by atoms with Crippen LogP contribution in [0.4, 0.5) is 11.5 Å². The molecule has 0 saturated carbocycles. The molecule has 1 heterocycles. The number of phenolic OH excluding ortho intramolecular Hbond substituents is 1. The van der Waals surface area contributed by atoms with E-state index in [0.717, 1.165) is 10.0 Å². The number of benzene rings is 1. The Labute approximate surface area is 107 Å². The first-order chi connectivity index (χ1) is 8.15. The van der Waals surface area contributed by atoms with Crippen molar-refractivity contribution in [3.63, 3.8) is 0 Å². The molecule has 0 aliphatic heterocycles. The number of hydrogen-bond donors (Lipinski definition) is 1. The molecule has 0 saturated heterocycles. The van der Waals surface area contributed by atoms with E-state index in [1.165, 1.54) is 0 Å². The van der Waals surface area contributed by atoms with E-state index in [1.54, 1.807) is 24.4 Å². The largest absolute Gasteiger partial charge is 0.506 e. The highest BCUT2D eigenvalue weighted by atomic mass is 79.9. The molecule has 0 radical (unpaired) electrons. The van der Waals surface area contributed by atoms with Gasteiger partial charge >= 0.3 is 0 Å². The zero-order valence-electron chi connectivity index (χ0n) is 9.13. The van der Waals surface area contributed by atoms with Gasteiger partial charge in [0, 0.05) is 10.7 Å². The third-order valence-electron chi connectivity index (χ3n) is 2.10. The summed E-state index contributed by atoms with van der Waals surface area (Å²) in [7, 11) is 0. The van der Waals surface area contributed by atoms with E-state index in [-0.39, 0.29) is 5.75 Å². The van der Waals surface area contributed by atoms with E-state index in [0.29, 0.717) is 11.5 Å². The molecule has 4 nitrogen and oxygen atoms in total. The highest BCUT2D eigenvalue weighted by Gasteiger charge is 1.99. The Morgan fingerprint density at radius 3 is 2.65 bits per heavy atom. The summed E-state index contributed by atoms with van der Waals surface area (Å²) in [6.07, 6.45) is 1.64. The van der Waals surface area contributed by atoms with E-state index < -0.39 is 0 Å². The summed E-state index contributed by atoms with van der Waals surface area (Å²) in [5.41, 5.74) is 1.41. The molecule has 0 unspecified atom stereocenters. The quantitative estimate of drug-likeness (QED) is 0.840. The lowest BCUT2D eigenvalue weighted by atomic mass is 10.2. The smallest absolute Gasteiger partial charge is 0.174 e. The standard InChI is InChI=1S/C12H10BrN3O/c1-8-2-4-10(11(17)6-8)15-16-12-5-3-9(13)7-14-12/h2-7,17H,1H3. The number of aromatic hydroxyl groups is 1. The molecule has 0 aliphatic carbocycles. The third-order valence-corrected chi connectivity index (χ3v) is 2.57. The Hall–Kier alpha value is -1.75. The summed E-state index contributed by atoms with van der Waals surface area (Å²) >= 11 is 3.29. The normalized spacial score (nSPS) is 10.9. The second kappa shape index (κ2) is 5.05. The molecule has 0 bridgehead atoms. The molecule has 2 rings (SSSR count). The Kier molecular flexibility index (Phi) is 3.49. The molecule has 0 spiro atoms. The summed E-state index contributed by atoms with van der Waals surface area (Å²) in [5, 5.41) is 17.5. The van der Waals surface area contributed by atoms with E-state index >= 15 is 0 Å². The topological polar surface area (TPSA) is 57.8 Å². The molecule has 0 aliphatic rings. The van der Waals surface area contributed by atoms with Crippen molar-refractivity contribution in [3.8, 4) is 5.75 Å². The van der Waals surface area contributed by atoms with Gasteiger partial charge in [-0.2, -0.15) is 0 Å². The number of azo groups is 1. The van der Waals surface area contributed by atoms with Gasteiger partial charge in [0.1, 0.15) is 11.4 Å². The summed E-state index contributed by atoms with van der Waals surface area (Å²) in [4.78, 5) is 4.05. The van der Waals surface area contributed by atoms with E-state index in [4.69, 9.17) is 0 Å². The first-order valence-electron chi connectivity index (χ1n) is 4.98. The van der Waals surface area contributed by atoms with Crippen molar-refractivity contribution >= 4 is 27.4 Å². The molecule has 2 aromatic rings. The van der Waals surface area contributed by atoms with Gasteiger partial charge in [0.2, 0.25) is 0 Å². The third kappa shape index (κ3) is 3.10. The van der Waals surface area contributed by atoms with E-state index in [1.807, 2.05) is 19.1 Å². The molecule has 1 aromatic heterocycles. The lowest BCUT2D eigenvalue weighted by Gasteiger charge is -1.98. The van der Waals surface area contributed by atoms with Crippen LogP contribution in [0.2, 0.25) is 0 Å². The van der Waals surface area contributed by atoms with Gasteiger partial charge in [-0.1, -0.05) is 6.07 Å². The molecular formula is C12H10BrN3O. The lowest BCUT2D eigenvalue weighted by molar-refractivity contribution is 0.476. The minimum Gasteiger partial charge on any atom is -0.506 e. The first-order valence-corrected chi connectivity index (χ1v) is 5.77. The summed E-state index contributed by atoms with van der Waals surface area (Å²) in [5.74, 6) is 0.610. The SMILES string of the molecule is Cc1ccc(N=Nc2ccc(Br)cn2)c(O)c1. The Morgan fingerprint density at radius 1 is 1.18 bits per heavy atom. The highest BCUT2D eigenvalue weighted by molar-refractivity contribution is 9.10. The Balaban J connectivity index is 2.23. The van der Waals surface area contributed by atoms with Crippen LogP contribution >= 0.6 is 15.9 Å². The Bertz CT molecular complexity index is 552. The van der Waals surface area contributed by atoms with Gasteiger partial charge in [0.15, 0.2) is 5.82 Å². The molecule has 1 N–H and O–H groups in total. The summed E-state index contributed by atoms with van der Waals surface area (Å²) < 4.78 is 0.884. The van der Waals surface area contributed by atoms with E-state index in [2.05, 4.69) is 31.1 Å². The van der Waals surface area contributed by atoms with E-state index in [9.17, 15) is 5.11 Å². The second-order valence-corrected chi connectivity index (χ2v) is 4.44.